The van der Waals surface area contributed by atoms with Gasteiger partial charge in [-0.05, 0) is 56.5 Å². The fourth-order valence-corrected chi connectivity index (χ4v) is 2.01. The standard InChI is InChI=1S/C15H21NO2/c1-10-6-13-8-14(9-16-12(3)4-5-17)18-15(13)7-11(10)2/h6-8,12,16-17H,4-5,9H2,1-3H3. The minimum Gasteiger partial charge on any atom is -0.460 e. The van der Waals surface area contributed by atoms with Crippen molar-refractivity contribution in [2.45, 2.75) is 39.8 Å². The van der Waals surface area contributed by atoms with Crippen LogP contribution in [0.4, 0.5) is 0 Å². The fourth-order valence-electron chi connectivity index (χ4n) is 2.01. The van der Waals surface area contributed by atoms with Gasteiger partial charge in [0.2, 0.25) is 0 Å². The van der Waals surface area contributed by atoms with E-state index < -0.39 is 0 Å². The molecule has 98 valence electrons. The molecule has 0 amide bonds. The van der Waals surface area contributed by atoms with Crippen LogP contribution in [0.3, 0.4) is 0 Å². The first-order valence-corrected chi connectivity index (χ1v) is 6.44. The first-order chi connectivity index (χ1) is 8.60. The molecule has 0 radical (unpaired) electrons. The quantitative estimate of drug-likeness (QED) is 0.854. The monoisotopic (exact) mass is 247 g/mol. The molecule has 0 saturated carbocycles. The maximum absolute atomic E-state index is 8.85. The minimum absolute atomic E-state index is 0.215. The van der Waals surface area contributed by atoms with Gasteiger partial charge in [-0.2, -0.15) is 0 Å². The number of nitrogens with one attached hydrogen (secondary N) is 1. The molecule has 3 heteroatoms. The van der Waals surface area contributed by atoms with E-state index in [1.807, 2.05) is 0 Å². The molecule has 0 bridgehead atoms. The first-order valence-electron chi connectivity index (χ1n) is 6.44. The number of rotatable bonds is 5. The predicted molar refractivity (Wildman–Crippen MR) is 73.7 cm³/mol. The van der Waals surface area contributed by atoms with Crippen molar-refractivity contribution in [1.82, 2.24) is 5.32 Å². The van der Waals surface area contributed by atoms with Gasteiger partial charge in [0.25, 0.3) is 0 Å². The number of aliphatic hydroxyl groups is 1. The zero-order valence-electron chi connectivity index (χ0n) is 11.3. The van der Waals surface area contributed by atoms with Crippen LogP contribution in [-0.4, -0.2) is 17.8 Å². The van der Waals surface area contributed by atoms with E-state index >= 15 is 0 Å². The van der Waals surface area contributed by atoms with Gasteiger partial charge in [-0.15, -0.1) is 0 Å². The van der Waals surface area contributed by atoms with Crippen molar-refractivity contribution in [3.8, 4) is 0 Å². The first kappa shape index (κ1) is 13.1. The lowest BCUT2D eigenvalue weighted by Crippen LogP contribution is -2.26. The Morgan fingerprint density at radius 2 is 1.94 bits per heavy atom. The van der Waals surface area contributed by atoms with Crippen molar-refractivity contribution in [1.29, 1.82) is 0 Å². The molecule has 0 aliphatic heterocycles. The Kier molecular flexibility index (Phi) is 4.04. The average Bonchev–Trinajstić information content (AvgIpc) is 2.69. The van der Waals surface area contributed by atoms with Crippen LogP contribution in [0.25, 0.3) is 11.0 Å². The molecule has 2 N–H and O–H groups in total. The molecular weight excluding hydrogens is 226 g/mol. The van der Waals surface area contributed by atoms with Crippen LogP contribution >= 0.6 is 0 Å². The summed E-state index contributed by atoms with van der Waals surface area (Å²) >= 11 is 0. The van der Waals surface area contributed by atoms with Crippen molar-refractivity contribution in [3.05, 3.63) is 35.1 Å². The zero-order chi connectivity index (χ0) is 13.1. The Labute approximate surface area is 108 Å². The summed E-state index contributed by atoms with van der Waals surface area (Å²) in [7, 11) is 0. The molecule has 1 aromatic carbocycles. The summed E-state index contributed by atoms with van der Waals surface area (Å²) < 4.78 is 5.81. The average molecular weight is 247 g/mol. The van der Waals surface area contributed by atoms with E-state index in [2.05, 4.69) is 44.3 Å². The molecule has 0 saturated heterocycles. The predicted octanol–water partition coefficient (Wildman–Crippen LogP) is 2.91. The Bertz CT molecular complexity index is 492. The third-order valence-electron chi connectivity index (χ3n) is 3.37. The molecular formula is C15H21NO2. The molecule has 1 aromatic heterocycles. The number of aryl methyl sites for hydroxylation is 2. The molecule has 2 aromatic rings. The van der Waals surface area contributed by atoms with Crippen LogP contribution in [0.5, 0.6) is 0 Å². The summed E-state index contributed by atoms with van der Waals surface area (Å²) in [5.74, 6) is 0.944. The number of aliphatic hydroxyl groups excluding tert-OH is 1. The fraction of sp³-hybridized carbons (Fsp3) is 0.467. The second-order valence-corrected chi connectivity index (χ2v) is 4.98. The molecule has 18 heavy (non-hydrogen) atoms. The Morgan fingerprint density at radius 3 is 2.67 bits per heavy atom. The number of hydrogen-bond acceptors (Lipinski definition) is 3. The highest BCUT2D eigenvalue weighted by atomic mass is 16.3. The lowest BCUT2D eigenvalue weighted by Gasteiger charge is -2.10. The van der Waals surface area contributed by atoms with Gasteiger partial charge in [-0.3, -0.25) is 0 Å². The number of hydrogen-bond donors (Lipinski definition) is 2. The summed E-state index contributed by atoms with van der Waals surface area (Å²) in [5.41, 5.74) is 3.49. The highest BCUT2D eigenvalue weighted by Crippen LogP contribution is 2.23. The SMILES string of the molecule is Cc1cc2cc(CNC(C)CCO)oc2cc1C. The molecule has 0 fully saturated rings. The highest BCUT2D eigenvalue weighted by Gasteiger charge is 2.07. The summed E-state index contributed by atoms with van der Waals surface area (Å²) in [6.07, 6.45) is 0.762. The number of furan rings is 1. The van der Waals surface area contributed by atoms with Crippen LogP contribution in [0.15, 0.2) is 22.6 Å². The van der Waals surface area contributed by atoms with Crippen LogP contribution in [0.2, 0.25) is 0 Å². The van der Waals surface area contributed by atoms with Gasteiger partial charge in [-0.1, -0.05) is 0 Å². The molecule has 1 unspecified atom stereocenters. The maximum atomic E-state index is 8.85. The summed E-state index contributed by atoms with van der Waals surface area (Å²) in [4.78, 5) is 0. The third kappa shape index (κ3) is 2.92. The van der Waals surface area contributed by atoms with E-state index in [4.69, 9.17) is 9.52 Å². The second-order valence-electron chi connectivity index (χ2n) is 4.98. The minimum atomic E-state index is 0.215. The van der Waals surface area contributed by atoms with Gasteiger partial charge in [0.1, 0.15) is 11.3 Å². The van der Waals surface area contributed by atoms with Crippen molar-refractivity contribution in [3.63, 3.8) is 0 Å². The molecule has 1 atom stereocenters. The smallest absolute Gasteiger partial charge is 0.134 e. The van der Waals surface area contributed by atoms with E-state index in [-0.39, 0.29) is 6.61 Å². The van der Waals surface area contributed by atoms with Gasteiger partial charge >= 0.3 is 0 Å². The van der Waals surface area contributed by atoms with E-state index in [9.17, 15) is 0 Å². The highest BCUT2D eigenvalue weighted by molar-refractivity contribution is 5.79. The summed E-state index contributed by atoms with van der Waals surface area (Å²) in [6, 6.07) is 6.63. The normalized spacial score (nSPS) is 13.1. The van der Waals surface area contributed by atoms with Crippen LogP contribution < -0.4 is 5.32 Å². The Balaban J connectivity index is 2.10. The lowest BCUT2D eigenvalue weighted by atomic mass is 10.1. The third-order valence-corrected chi connectivity index (χ3v) is 3.37. The number of benzene rings is 1. The summed E-state index contributed by atoms with van der Waals surface area (Å²) in [6.45, 7) is 7.19. The number of fused-ring (bicyclic) bond motifs is 1. The molecule has 0 spiro atoms. The molecule has 2 rings (SSSR count). The summed E-state index contributed by atoms with van der Waals surface area (Å²) in [5, 5.41) is 13.3. The Morgan fingerprint density at radius 1 is 1.22 bits per heavy atom. The Hall–Kier alpha value is -1.32. The van der Waals surface area contributed by atoms with Crippen molar-refractivity contribution >= 4 is 11.0 Å². The van der Waals surface area contributed by atoms with Crippen LogP contribution in [0, 0.1) is 13.8 Å². The van der Waals surface area contributed by atoms with Crippen LogP contribution in [0.1, 0.15) is 30.2 Å². The van der Waals surface area contributed by atoms with E-state index in [1.165, 1.54) is 11.1 Å². The van der Waals surface area contributed by atoms with Gasteiger partial charge in [0.15, 0.2) is 0 Å². The topological polar surface area (TPSA) is 45.4 Å². The van der Waals surface area contributed by atoms with Crippen molar-refractivity contribution in [2.24, 2.45) is 0 Å². The van der Waals surface area contributed by atoms with Gasteiger partial charge in [0.05, 0.1) is 6.54 Å². The molecule has 3 nitrogen and oxygen atoms in total. The van der Waals surface area contributed by atoms with Crippen LogP contribution in [-0.2, 0) is 6.54 Å². The zero-order valence-corrected chi connectivity index (χ0v) is 11.3. The second kappa shape index (κ2) is 5.55. The van der Waals surface area contributed by atoms with Gasteiger partial charge in [-0.25, -0.2) is 0 Å². The molecule has 0 aliphatic carbocycles. The van der Waals surface area contributed by atoms with Gasteiger partial charge in [0, 0.05) is 18.0 Å². The largest absolute Gasteiger partial charge is 0.460 e. The maximum Gasteiger partial charge on any atom is 0.134 e. The van der Waals surface area contributed by atoms with Crippen molar-refractivity contribution < 1.29 is 9.52 Å². The van der Waals surface area contributed by atoms with Gasteiger partial charge < -0.3 is 14.8 Å². The van der Waals surface area contributed by atoms with Crippen molar-refractivity contribution in [2.75, 3.05) is 6.61 Å². The van der Waals surface area contributed by atoms with E-state index in [1.54, 1.807) is 0 Å². The van der Waals surface area contributed by atoms with E-state index in [0.29, 0.717) is 12.6 Å². The molecule has 0 aliphatic rings. The lowest BCUT2D eigenvalue weighted by molar-refractivity contribution is 0.267. The van der Waals surface area contributed by atoms with E-state index in [0.717, 1.165) is 23.2 Å². The molecule has 1 heterocycles.